The lowest BCUT2D eigenvalue weighted by molar-refractivity contribution is -0.123. The van der Waals surface area contributed by atoms with E-state index in [1.54, 1.807) is 0 Å². The zero-order chi connectivity index (χ0) is 18.7. The molecule has 1 aromatic carbocycles. The summed E-state index contributed by atoms with van der Waals surface area (Å²) in [4.78, 5) is 15.5. The molecule has 3 rings (SSSR count). The average molecular weight is 369 g/mol. The van der Waals surface area contributed by atoms with Crippen LogP contribution in [0.1, 0.15) is 32.1 Å². The first-order valence-corrected chi connectivity index (χ1v) is 9.35. The first-order valence-electron chi connectivity index (χ1n) is 9.35. The molecule has 1 aliphatic heterocycles. The van der Waals surface area contributed by atoms with Crippen molar-refractivity contribution in [3.05, 3.63) is 29.6 Å². The highest BCUT2D eigenvalue weighted by molar-refractivity contribution is 5.76. The lowest BCUT2D eigenvalue weighted by atomic mass is 9.80. The quantitative estimate of drug-likeness (QED) is 0.812. The molecule has 1 saturated heterocycles. The maximum Gasteiger partial charge on any atom is 0.220 e. The number of carbonyl (C=O) groups is 1. The normalized spacial score (nSPS) is 24.7. The fourth-order valence-corrected chi connectivity index (χ4v) is 4.06. The molecule has 1 aliphatic carbocycles. The van der Waals surface area contributed by atoms with Gasteiger partial charge < -0.3 is 10.6 Å². The van der Waals surface area contributed by atoms with E-state index in [0.29, 0.717) is 24.7 Å². The van der Waals surface area contributed by atoms with Gasteiger partial charge in [0.25, 0.3) is 0 Å². The zero-order valence-corrected chi connectivity index (χ0v) is 14.9. The minimum Gasteiger partial charge on any atom is -0.369 e. The molecule has 2 aliphatic rings. The Labute approximate surface area is 152 Å². The highest BCUT2D eigenvalue weighted by Crippen LogP contribution is 2.31. The fourth-order valence-electron chi connectivity index (χ4n) is 4.06. The van der Waals surface area contributed by atoms with Crippen LogP contribution < -0.4 is 10.6 Å². The molecule has 1 heterocycles. The van der Waals surface area contributed by atoms with Gasteiger partial charge in [-0.25, -0.2) is 13.2 Å². The number of piperazine rings is 1. The van der Waals surface area contributed by atoms with Gasteiger partial charge in [-0.3, -0.25) is 9.69 Å². The van der Waals surface area contributed by atoms with Gasteiger partial charge in [-0.1, -0.05) is 0 Å². The first-order chi connectivity index (χ1) is 12.4. The van der Waals surface area contributed by atoms with Gasteiger partial charge >= 0.3 is 0 Å². The van der Waals surface area contributed by atoms with E-state index in [0.717, 1.165) is 63.9 Å². The lowest BCUT2D eigenvalue weighted by Crippen LogP contribution is -2.47. The minimum absolute atomic E-state index is 0.0475. The largest absolute Gasteiger partial charge is 0.369 e. The van der Waals surface area contributed by atoms with E-state index in [1.807, 2.05) is 4.90 Å². The summed E-state index contributed by atoms with van der Waals surface area (Å²) in [5.41, 5.74) is 5.77. The summed E-state index contributed by atoms with van der Waals surface area (Å²) in [6.45, 7) is 3.96. The second kappa shape index (κ2) is 8.29. The highest BCUT2D eigenvalue weighted by atomic mass is 19.2. The summed E-state index contributed by atoms with van der Waals surface area (Å²) in [5, 5.41) is 0. The van der Waals surface area contributed by atoms with Crippen LogP contribution in [0.5, 0.6) is 0 Å². The second-order valence-corrected chi connectivity index (χ2v) is 7.46. The van der Waals surface area contributed by atoms with E-state index in [-0.39, 0.29) is 11.8 Å². The van der Waals surface area contributed by atoms with Crippen molar-refractivity contribution < 1.29 is 18.0 Å². The van der Waals surface area contributed by atoms with Gasteiger partial charge in [0.1, 0.15) is 0 Å². The number of benzene rings is 1. The van der Waals surface area contributed by atoms with Crippen LogP contribution in [-0.2, 0) is 4.79 Å². The second-order valence-electron chi connectivity index (χ2n) is 7.46. The maximum absolute atomic E-state index is 13.4. The predicted octanol–water partition coefficient (Wildman–Crippen LogP) is 2.91. The van der Waals surface area contributed by atoms with Crippen molar-refractivity contribution in [2.75, 3.05) is 37.6 Å². The molecule has 2 N–H and O–H groups in total. The van der Waals surface area contributed by atoms with Crippen molar-refractivity contribution >= 4 is 11.6 Å². The van der Waals surface area contributed by atoms with E-state index >= 15 is 0 Å². The summed E-state index contributed by atoms with van der Waals surface area (Å²) >= 11 is 0. The van der Waals surface area contributed by atoms with Crippen molar-refractivity contribution in [1.82, 2.24) is 4.90 Å². The number of amides is 1. The molecule has 2 fully saturated rings. The number of anilines is 1. The number of carbonyl (C=O) groups excluding carboxylic acids is 1. The van der Waals surface area contributed by atoms with Crippen LogP contribution in [-0.4, -0.2) is 43.5 Å². The molecule has 1 aromatic rings. The SMILES string of the molecule is NC(=O)C1CCC(CCN2CCN(c3cc(F)c(F)c(F)c3)CC2)CC1. The Morgan fingerprint density at radius 3 is 2.12 bits per heavy atom. The molecule has 0 radical (unpaired) electrons. The molecule has 7 heteroatoms. The van der Waals surface area contributed by atoms with Gasteiger partial charge in [0.15, 0.2) is 17.5 Å². The van der Waals surface area contributed by atoms with Crippen LogP contribution >= 0.6 is 0 Å². The number of nitrogens with two attached hydrogens (primary N) is 1. The van der Waals surface area contributed by atoms with Crippen molar-refractivity contribution in [2.24, 2.45) is 17.6 Å². The molecule has 0 aromatic heterocycles. The summed E-state index contributed by atoms with van der Waals surface area (Å²) in [5.74, 6) is -3.19. The zero-order valence-electron chi connectivity index (χ0n) is 14.9. The third kappa shape index (κ3) is 4.50. The van der Waals surface area contributed by atoms with E-state index < -0.39 is 17.5 Å². The van der Waals surface area contributed by atoms with Crippen LogP contribution in [0.2, 0.25) is 0 Å². The number of hydrogen-bond acceptors (Lipinski definition) is 3. The predicted molar refractivity (Wildman–Crippen MR) is 94.2 cm³/mol. The fraction of sp³-hybridized carbons (Fsp3) is 0.632. The Kier molecular flexibility index (Phi) is 6.06. The van der Waals surface area contributed by atoms with Gasteiger partial charge in [0.05, 0.1) is 0 Å². The van der Waals surface area contributed by atoms with Crippen LogP contribution in [0.25, 0.3) is 0 Å². The summed E-state index contributed by atoms with van der Waals surface area (Å²) < 4.78 is 39.9. The Morgan fingerprint density at radius 2 is 1.58 bits per heavy atom. The average Bonchev–Trinajstić information content (AvgIpc) is 2.65. The molecule has 1 saturated carbocycles. The van der Waals surface area contributed by atoms with E-state index in [2.05, 4.69) is 4.90 Å². The Bertz CT molecular complexity index is 616. The van der Waals surface area contributed by atoms with Crippen molar-refractivity contribution in [1.29, 1.82) is 0 Å². The van der Waals surface area contributed by atoms with E-state index in [9.17, 15) is 18.0 Å². The first kappa shape index (κ1) is 19.0. The van der Waals surface area contributed by atoms with Crippen LogP contribution in [0.3, 0.4) is 0 Å². The summed E-state index contributed by atoms with van der Waals surface area (Å²) in [6.07, 6.45) is 5.01. The smallest absolute Gasteiger partial charge is 0.220 e. The van der Waals surface area contributed by atoms with Crippen molar-refractivity contribution in [3.8, 4) is 0 Å². The lowest BCUT2D eigenvalue weighted by Gasteiger charge is -2.37. The Morgan fingerprint density at radius 1 is 1.00 bits per heavy atom. The molecule has 0 atom stereocenters. The van der Waals surface area contributed by atoms with Crippen molar-refractivity contribution in [2.45, 2.75) is 32.1 Å². The van der Waals surface area contributed by atoms with Gasteiger partial charge in [0, 0.05) is 49.9 Å². The van der Waals surface area contributed by atoms with Gasteiger partial charge in [-0.15, -0.1) is 0 Å². The van der Waals surface area contributed by atoms with Crippen LogP contribution in [0, 0.1) is 29.3 Å². The van der Waals surface area contributed by atoms with Gasteiger partial charge in [0.2, 0.25) is 5.91 Å². The standard InChI is InChI=1S/C19H26F3N3O/c20-16-11-15(12-17(21)18(16)22)25-9-7-24(8-10-25)6-5-13-1-3-14(4-2-13)19(23)26/h11-14H,1-10H2,(H2,23,26). The molecule has 26 heavy (non-hydrogen) atoms. The molecule has 144 valence electrons. The molecular formula is C19H26F3N3O. The third-order valence-corrected chi connectivity index (χ3v) is 5.81. The number of primary amides is 1. The molecule has 1 amide bonds. The number of rotatable bonds is 5. The number of nitrogens with zero attached hydrogens (tertiary/aromatic N) is 2. The number of halogens is 3. The van der Waals surface area contributed by atoms with Crippen LogP contribution in [0.4, 0.5) is 18.9 Å². The van der Waals surface area contributed by atoms with Gasteiger partial charge in [-0.2, -0.15) is 0 Å². The topological polar surface area (TPSA) is 49.6 Å². The summed E-state index contributed by atoms with van der Waals surface area (Å²) in [6, 6.07) is 2.12. The molecule has 0 unspecified atom stereocenters. The third-order valence-electron chi connectivity index (χ3n) is 5.81. The maximum atomic E-state index is 13.4. The molecule has 4 nitrogen and oxygen atoms in total. The monoisotopic (exact) mass is 369 g/mol. The van der Waals surface area contributed by atoms with E-state index in [1.165, 1.54) is 0 Å². The Hall–Kier alpha value is -1.76. The summed E-state index contributed by atoms with van der Waals surface area (Å²) in [7, 11) is 0. The van der Waals surface area contributed by atoms with Crippen LogP contribution in [0.15, 0.2) is 12.1 Å². The molecule has 0 bridgehead atoms. The Balaban J connectivity index is 1.42. The highest BCUT2D eigenvalue weighted by Gasteiger charge is 2.26. The molecule has 0 spiro atoms. The number of hydrogen-bond donors (Lipinski definition) is 1. The van der Waals surface area contributed by atoms with E-state index in [4.69, 9.17) is 5.73 Å². The molecular weight excluding hydrogens is 343 g/mol. The van der Waals surface area contributed by atoms with Gasteiger partial charge in [-0.05, 0) is 44.6 Å². The van der Waals surface area contributed by atoms with Crippen molar-refractivity contribution in [3.63, 3.8) is 0 Å². The minimum atomic E-state index is -1.42.